The molecular formula is C24H22N2O5. The van der Waals surface area contributed by atoms with E-state index in [2.05, 4.69) is 21.9 Å². The van der Waals surface area contributed by atoms with E-state index in [1.54, 1.807) is 42.5 Å². The highest BCUT2D eigenvalue weighted by molar-refractivity contribution is 6.07. The number of esters is 1. The molecule has 0 saturated carbocycles. The molecule has 0 aromatic heterocycles. The van der Waals surface area contributed by atoms with E-state index in [4.69, 9.17) is 0 Å². The van der Waals surface area contributed by atoms with Gasteiger partial charge in [-0.05, 0) is 42.0 Å². The molecule has 0 bridgehead atoms. The Morgan fingerprint density at radius 3 is 2.19 bits per heavy atom. The van der Waals surface area contributed by atoms with Crippen molar-refractivity contribution in [1.29, 1.82) is 0 Å². The van der Waals surface area contributed by atoms with Gasteiger partial charge in [-0.1, -0.05) is 36.1 Å². The van der Waals surface area contributed by atoms with Crippen molar-refractivity contribution in [3.63, 3.8) is 0 Å². The van der Waals surface area contributed by atoms with E-state index in [0.29, 0.717) is 16.7 Å². The molecule has 0 saturated heterocycles. The first-order valence-corrected chi connectivity index (χ1v) is 9.31. The number of methoxy groups -OCH3 is 1. The van der Waals surface area contributed by atoms with Crippen molar-refractivity contribution in [2.75, 3.05) is 21.2 Å². The van der Waals surface area contributed by atoms with Crippen molar-refractivity contribution in [2.45, 2.75) is 6.04 Å². The molecule has 0 fully saturated rings. The third kappa shape index (κ3) is 6.15. The minimum Gasteiger partial charge on any atom is -0.467 e. The molecule has 158 valence electrons. The normalized spacial score (nSPS) is 11.1. The zero-order valence-electron chi connectivity index (χ0n) is 17.4. The zero-order valence-corrected chi connectivity index (χ0v) is 17.4. The van der Waals surface area contributed by atoms with Crippen LogP contribution in [0.3, 0.4) is 0 Å². The van der Waals surface area contributed by atoms with Crippen molar-refractivity contribution in [3.8, 4) is 11.8 Å². The Morgan fingerprint density at radius 2 is 1.65 bits per heavy atom. The van der Waals surface area contributed by atoms with Crippen LogP contribution in [0.5, 0.6) is 0 Å². The second kappa shape index (κ2) is 11.1. The summed E-state index contributed by atoms with van der Waals surface area (Å²) in [4.78, 5) is 48.2. The van der Waals surface area contributed by atoms with E-state index in [1.165, 1.54) is 14.1 Å². The van der Waals surface area contributed by atoms with Gasteiger partial charge in [0, 0.05) is 30.8 Å². The topological polar surface area (TPSA) is 92.8 Å². The smallest absolute Gasteiger partial charge is 0.338 e. The number of nitrogens with one attached hydrogen (secondary N) is 1. The predicted octanol–water partition coefficient (Wildman–Crippen LogP) is 1.92. The minimum absolute atomic E-state index is 0.302. The van der Waals surface area contributed by atoms with Gasteiger partial charge in [0.05, 0.1) is 7.11 Å². The second-order valence-corrected chi connectivity index (χ2v) is 6.42. The fourth-order valence-electron chi connectivity index (χ4n) is 2.65. The maximum absolute atomic E-state index is 12.7. The minimum atomic E-state index is -1.38. The van der Waals surface area contributed by atoms with Crippen LogP contribution in [0.4, 0.5) is 0 Å². The molecule has 31 heavy (non-hydrogen) atoms. The van der Waals surface area contributed by atoms with Crippen molar-refractivity contribution in [1.82, 2.24) is 10.2 Å². The second-order valence-electron chi connectivity index (χ2n) is 6.42. The van der Waals surface area contributed by atoms with Gasteiger partial charge in [-0.2, -0.15) is 0 Å². The van der Waals surface area contributed by atoms with Crippen molar-refractivity contribution < 1.29 is 23.9 Å². The molecule has 2 aromatic rings. The summed E-state index contributed by atoms with van der Waals surface area (Å²) in [6, 6.07) is 12.2. The lowest BCUT2D eigenvalue weighted by Crippen LogP contribution is -2.51. The first kappa shape index (κ1) is 23.1. The molecule has 0 aliphatic carbocycles. The van der Waals surface area contributed by atoms with Crippen LogP contribution in [0, 0.1) is 11.8 Å². The Balaban J connectivity index is 2.08. The summed E-state index contributed by atoms with van der Waals surface area (Å²) in [5.74, 6) is 3.89. The molecule has 0 aliphatic rings. The Hall–Kier alpha value is -4.18. The third-order valence-corrected chi connectivity index (χ3v) is 4.41. The molecule has 1 atom stereocenters. The molecular weight excluding hydrogens is 396 g/mol. The highest BCUT2D eigenvalue weighted by Crippen LogP contribution is 2.10. The van der Waals surface area contributed by atoms with Crippen LogP contribution >= 0.6 is 0 Å². The number of ether oxygens (including phenoxy) is 1. The number of amides is 2. The standard InChI is InChI=1S/C24H22N2O5/c1-25-22(28)21(24(30)31-3)26(2)23(29)20-14-12-18(13-15-20)7-5-4-6-17-8-10-19(16-27)11-9-17/h4,6,8-16,21H,1-3H3,(H,25,28). The largest absolute Gasteiger partial charge is 0.467 e. The van der Waals surface area contributed by atoms with E-state index >= 15 is 0 Å². The van der Waals surface area contributed by atoms with Gasteiger partial charge < -0.3 is 15.0 Å². The van der Waals surface area contributed by atoms with Crippen LogP contribution < -0.4 is 5.32 Å². The number of hydrogen-bond acceptors (Lipinski definition) is 5. The summed E-state index contributed by atoms with van der Waals surface area (Å²) in [5, 5.41) is 2.35. The Morgan fingerprint density at radius 1 is 1.03 bits per heavy atom. The number of hydrogen-bond donors (Lipinski definition) is 1. The van der Waals surface area contributed by atoms with Gasteiger partial charge >= 0.3 is 5.97 Å². The zero-order chi connectivity index (χ0) is 22.8. The Kier molecular flexibility index (Phi) is 8.29. The number of carbonyl (C=O) groups is 4. The van der Waals surface area contributed by atoms with Crippen molar-refractivity contribution >= 4 is 30.1 Å². The summed E-state index contributed by atoms with van der Waals surface area (Å²) in [6.45, 7) is 0. The molecule has 2 amide bonds. The van der Waals surface area contributed by atoms with Gasteiger partial charge in [-0.25, -0.2) is 4.79 Å². The van der Waals surface area contributed by atoms with Crippen LogP contribution in [0.1, 0.15) is 31.8 Å². The number of aldehydes is 1. The van der Waals surface area contributed by atoms with E-state index in [0.717, 1.165) is 23.9 Å². The molecule has 7 nitrogen and oxygen atoms in total. The SMILES string of the molecule is CNC(=O)C(C(=O)OC)N(C)C(=O)c1ccc(C#CC=Cc2ccc(C=O)cc2)cc1. The van der Waals surface area contributed by atoms with Gasteiger partial charge in [-0.3, -0.25) is 14.4 Å². The lowest BCUT2D eigenvalue weighted by Gasteiger charge is -2.24. The molecule has 2 aromatic carbocycles. The van der Waals surface area contributed by atoms with Gasteiger partial charge in [0.15, 0.2) is 0 Å². The number of carbonyl (C=O) groups excluding carboxylic acids is 4. The first-order chi connectivity index (χ1) is 14.9. The molecule has 1 N–H and O–H groups in total. The fraction of sp³-hybridized carbons (Fsp3) is 0.167. The third-order valence-electron chi connectivity index (χ3n) is 4.41. The number of nitrogens with zero attached hydrogens (tertiary/aromatic N) is 1. The predicted molar refractivity (Wildman–Crippen MR) is 116 cm³/mol. The number of allylic oxidation sites excluding steroid dienone is 1. The average Bonchev–Trinajstić information content (AvgIpc) is 2.81. The van der Waals surface area contributed by atoms with E-state index in [-0.39, 0.29) is 0 Å². The number of benzene rings is 2. The van der Waals surface area contributed by atoms with Crippen molar-refractivity contribution in [3.05, 3.63) is 76.9 Å². The van der Waals surface area contributed by atoms with Crippen LogP contribution in [-0.2, 0) is 14.3 Å². The molecule has 7 heteroatoms. The molecule has 2 rings (SSSR count). The summed E-state index contributed by atoms with van der Waals surface area (Å²) in [6.07, 6.45) is 4.29. The number of rotatable bonds is 6. The highest BCUT2D eigenvalue weighted by atomic mass is 16.5. The van der Waals surface area contributed by atoms with Crippen LogP contribution in [-0.4, -0.2) is 56.2 Å². The summed E-state index contributed by atoms with van der Waals surface area (Å²) in [5.41, 5.74) is 2.52. The molecule has 0 spiro atoms. The lowest BCUT2D eigenvalue weighted by molar-refractivity contribution is -0.150. The lowest BCUT2D eigenvalue weighted by atomic mass is 10.1. The van der Waals surface area contributed by atoms with Crippen molar-refractivity contribution in [2.24, 2.45) is 0 Å². The maximum Gasteiger partial charge on any atom is 0.338 e. The van der Waals surface area contributed by atoms with E-state index in [9.17, 15) is 19.2 Å². The number of likely N-dealkylation sites (N-methyl/N-ethyl adjacent to an activating group) is 2. The van der Waals surface area contributed by atoms with Gasteiger partial charge in [0.25, 0.3) is 11.8 Å². The van der Waals surface area contributed by atoms with Gasteiger partial charge in [0.2, 0.25) is 6.04 Å². The van der Waals surface area contributed by atoms with Crippen LogP contribution in [0.15, 0.2) is 54.6 Å². The van der Waals surface area contributed by atoms with Crippen LogP contribution in [0.25, 0.3) is 6.08 Å². The average molecular weight is 418 g/mol. The highest BCUT2D eigenvalue weighted by Gasteiger charge is 2.34. The fourth-order valence-corrected chi connectivity index (χ4v) is 2.65. The quantitative estimate of drug-likeness (QED) is 0.335. The molecule has 0 aliphatic heterocycles. The first-order valence-electron chi connectivity index (χ1n) is 9.31. The Bertz CT molecular complexity index is 1030. The summed E-state index contributed by atoms with van der Waals surface area (Å²) in [7, 11) is 3.89. The molecule has 0 radical (unpaired) electrons. The van der Waals surface area contributed by atoms with Crippen LogP contribution in [0.2, 0.25) is 0 Å². The Labute approximate surface area is 180 Å². The monoisotopic (exact) mass is 418 g/mol. The van der Waals surface area contributed by atoms with Gasteiger partial charge in [-0.15, -0.1) is 0 Å². The summed E-state index contributed by atoms with van der Waals surface area (Å²) < 4.78 is 4.63. The maximum atomic E-state index is 12.7. The van der Waals surface area contributed by atoms with Gasteiger partial charge in [0.1, 0.15) is 6.29 Å². The molecule has 0 heterocycles. The van der Waals surface area contributed by atoms with E-state index < -0.39 is 23.8 Å². The summed E-state index contributed by atoms with van der Waals surface area (Å²) >= 11 is 0. The van der Waals surface area contributed by atoms with E-state index in [1.807, 2.05) is 18.2 Å². The molecule has 1 unspecified atom stereocenters.